The van der Waals surface area contributed by atoms with Crippen molar-refractivity contribution in [2.45, 2.75) is 51.4 Å². The first kappa shape index (κ1) is 25.4. The summed E-state index contributed by atoms with van der Waals surface area (Å²) in [6.07, 6.45) is 8.35. The number of benzene rings is 2. The van der Waals surface area contributed by atoms with Crippen LogP contribution >= 0.6 is 17.0 Å². The molecule has 1 aliphatic carbocycles. The molecule has 3 nitrogen and oxygen atoms in total. The van der Waals surface area contributed by atoms with E-state index in [1.807, 2.05) is 36.5 Å². The minimum absolute atomic E-state index is 0.289. The molecule has 1 aliphatic rings. The standard InChI is InChI=1S/C24H31NO2.2ClH.Zr/c1-24(2,20-12-8-5-9-13-20)22-15-21(27-3)14-19(23(22)26)17-25-16-18-10-6-4-7-11-18;;;/h5,8-9,12-15,17-18,26H,4,6-7,10-11,16H2,1-3H3;2*1H;/q;;;+2/p-2. The van der Waals surface area contributed by atoms with Crippen LogP contribution in [-0.2, 0) is 26.3 Å². The number of phenolic OH excluding ortho intramolecular Hbond substituents is 1. The summed E-state index contributed by atoms with van der Waals surface area (Å²) in [5, 5.41) is 11.0. The van der Waals surface area contributed by atoms with Crippen LogP contribution in [0.3, 0.4) is 0 Å². The first-order chi connectivity index (χ1) is 14.4. The molecule has 2 aromatic carbocycles. The average Bonchev–Trinajstić information content (AvgIpc) is 2.76. The SMILES string of the molecule is COc1cc(C=NCC2CCCCC2)c(O)c(C(C)(C)c2ccccc2)c1.[Cl][Zr][Cl]. The van der Waals surface area contributed by atoms with Crippen LogP contribution in [0, 0.1) is 5.92 Å². The molecule has 0 amide bonds. The number of nitrogens with zero attached hydrogens (tertiary/aromatic N) is 1. The van der Waals surface area contributed by atoms with Gasteiger partial charge in [0.1, 0.15) is 11.5 Å². The van der Waals surface area contributed by atoms with Crippen molar-refractivity contribution in [3.63, 3.8) is 0 Å². The summed E-state index contributed by atoms with van der Waals surface area (Å²) in [5.41, 5.74) is 2.39. The van der Waals surface area contributed by atoms with Crippen LogP contribution in [0.5, 0.6) is 11.5 Å². The quantitative estimate of drug-likeness (QED) is 0.407. The molecule has 1 saturated carbocycles. The molecule has 0 unspecified atom stereocenters. The van der Waals surface area contributed by atoms with E-state index in [-0.39, 0.29) is 11.2 Å². The van der Waals surface area contributed by atoms with Gasteiger partial charge >= 0.3 is 37.9 Å². The summed E-state index contributed by atoms with van der Waals surface area (Å²) in [6.45, 7) is 5.09. The number of hydrogen-bond donors (Lipinski definition) is 1. The van der Waals surface area contributed by atoms with Crippen molar-refractivity contribution in [1.82, 2.24) is 0 Å². The van der Waals surface area contributed by atoms with Gasteiger partial charge in [0.2, 0.25) is 0 Å². The fourth-order valence-electron chi connectivity index (χ4n) is 4.00. The average molecular weight is 528 g/mol. The van der Waals surface area contributed by atoms with Crippen molar-refractivity contribution in [1.29, 1.82) is 0 Å². The van der Waals surface area contributed by atoms with E-state index in [1.165, 1.54) is 32.1 Å². The molecule has 0 heterocycles. The van der Waals surface area contributed by atoms with Gasteiger partial charge < -0.3 is 9.84 Å². The van der Waals surface area contributed by atoms with Crippen LogP contribution in [0.25, 0.3) is 0 Å². The Kier molecular flexibility index (Phi) is 10.9. The third-order valence-corrected chi connectivity index (χ3v) is 5.84. The molecular weight excluding hydrogens is 496 g/mol. The fourth-order valence-corrected chi connectivity index (χ4v) is 4.00. The summed E-state index contributed by atoms with van der Waals surface area (Å²) >= 11 is -0.826. The predicted molar refractivity (Wildman–Crippen MR) is 124 cm³/mol. The van der Waals surface area contributed by atoms with Gasteiger partial charge in [0.25, 0.3) is 0 Å². The van der Waals surface area contributed by atoms with Crippen LogP contribution in [0.1, 0.15) is 62.6 Å². The molecule has 0 radical (unpaired) electrons. The van der Waals surface area contributed by atoms with Crippen molar-refractivity contribution in [3.05, 3.63) is 59.2 Å². The fraction of sp³-hybridized carbons (Fsp3) is 0.458. The van der Waals surface area contributed by atoms with E-state index in [1.54, 1.807) is 7.11 Å². The molecule has 0 spiro atoms. The summed E-state index contributed by atoms with van der Waals surface area (Å²) in [6, 6.07) is 14.0. The van der Waals surface area contributed by atoms with E-state index in [2.05, 4.69) is 31.0 Å². The van der Waals surface area contributed by atoms with Crippen LogP contribution in [0.4, 0.5) is 0 Å². The van der Waals surface area contributed by atoms with Gasteiger partial charge in [-0.3, -0.25) is 4.99 Å². The number of halogens is 2. The van der Waals surface area contributed by atoms with Gasteiger partial charge in [0.05, 0.1) is 7.11 Å². The molecule has 6 heteroatoms. The van der Waals surface area contributed by atoms with E-state index < -0.39 is 20.8 Å². The van der Waals surface area contributed by atoms with Crippen molar-refractivity contribution < 1.29 is 30.7 Å². The molecule has 0 aromatic heterocycles. The zero-order valence-corrected chi connectivity index (χ0v) is 22.0. The maximum atomic E-state index is 11.0. The van der Waals surface area contributed by atoms with Crippen molar-refractivity contribution in [2.75, 3.05) is 13.7 Å². The molecule has 3 rings (SSSR count). The van der Waals surface area contributed by atoms with E-state index in [9.17, 15) is 5.11 Å². The number of aromatic hydroxyl groups is 1. The molecule has 0 saturated heterocycles. The van der Waals surface area contributed by atoms with E-state index in [0.29, 0.717) is 5.92 Å². The van der Waals surface area contributed by atoms with Crippen LogP contribution < -0.4 is 4.74 Å². The second-order valence-corrected chi connectivity index (χ2v) is 11.9. The van der Waals surface area contributed by atoms with Gasteiger partial charge in [-0.15, -0.1) is 0 Å². The summed E-state index contributed by atoms with van der Waals surface area (Å²) in [4.78, 5) is 4.66. The molecule has 0 aliphatic heterocycles. The second kappa shape index (κ2) is 12.9. The van der Waals surface area contributed by atoms with Crippen LogP contribution in [0.15, 0.2) is 47.5 Å². The van der Waals surface area contributed by atoms with Gasteiger partial charge in [-0.1, -0.05) is 63.4 Å². The van der Waals surface area contributed by atoms with Crippen molar-refractivity contribution >= 4 is 23.2 Å². The maximum absolute atomic E-state index is 11.0. The first-order valence-corrected chi connectivity index (χ1v) is 16.7. The summed E-state index contributed by atoms with van der Waals surface area (Å²) in [7, 11) is 11.5. The molecule has 2 aromatic rings. The van der Waals surface area contributed by atoms with Gasteiger partial charge in [0, 0.05) is 29.3 Å². The molecule has 0 atom stereocenters. The van der Waals surface area contributed by atoms with Gasteiger partial charge in [-0.25, -0.2) is 0 Å². The number of phenols is 1. The van der Waals surface area contributed by atoms with Crippen molar-refractivity contribution in [3.8, 4) is 11.5 Å². The molecule has 0 bridgehead atoms. The topological polar surface area (TPSA) is 41.8 Å². The monoisotopic (exact) mass is 525 g/mol. The Bertz CT molecular complexity index is 806. The third kappa shape index (κ3) is 7.11. The Morgan fingerprint density at radius 1 is 1.13 bits per heavy atom. The molecule has 162 valence electrons. The van der Waals surface area contributed by atoms with Crippen LogP contribution in [-0.4, -0.2) is 25.0 Å². The molecule has 1 fully saturated rings. The normalized spacial score (nSPS) is 14.8. The second-order valence-electron chi connectivity index (χ2n) is 8.17. The zero-order valence-electron chi connectivity index (χ0n) is 18.0. The van der Waals surface area contributed by atoms with Crippen LogP contribution in [0.2, 0.25) is 0 Å². The predicted octanol–water partition coefficient (Wildman–Crippen LogP) is 7.10. The number of rotatable bonds is 6. The molecular formula is C24H31Cl2NO2Zr. The number of hydrogen-bond acceptors (Lipinski definition) is 3. The number of methoxy groups -OCH3 is 1. The van der Waals surface area contributed by atoms with Gasteiger partial charge in [-0.05, 0) is 36.5 Å². The minimum atomic E-state index is -0.826. The van der Waals surface area contributed by atoms with E-state index >= 15 is 0 Å². The Balaban J connectivity index is 0.00000101. The van der Waals surface area contributed by atoms with Gasteiger partial charge in [0.15, 0.2) is 0 Å². The Labute approximate surface area is 199 Å². The summed E-state index contributed by atoms with van der Waals surface area (Å²) < 4.78 is 5.51. The molecule has 1 N–H and O–H groups in total. The third-order valence-electron chi connectivity index (χ3n) is 5.84. The molecule has 30 heavy (non-hydrogen) atoms. The summed E-state index contributed by atoms with van der Waals surface area (Å²) in [5.74, 6) is 1.71. The Hall–Kier alpha value is -0.827. The Morgan fingerprint density at radius 3 is 2.37 bits per heavy atom. The van der Waals surface area contributed by atoms with E-state index in [4.69, 9.17) is 21.8 Å². The van der Waals surface area contributed by atoms with E-state index in [0.717, 1.165) is 29.0 Å². The van der Waals surface area contributed by atoms with Crippen molar-refractivity contribution in [2.24, 2.45) is 10.9 Å². The first-order valence-electron chi connectivity index (χ1n) is 10.4. The number of ether oxygens (including phenoxy) is 1. The zero-order chi connectivity index (χ0) is 22.0. The Morgan fingerprint density at radius 2 is 1.77 bits per heavy atom. The van der Waals surface area contributed by atoms with Gasteiger partial charge in [-0.2, -0.15) is 0 Å². The number of aliphatic imine (C=N–C) groups is 1.